The minimum atomic E-state index is -1.01. The van der Waals surface area contributed by atoms with E-state index in [0.29, 0.717) is 6.42 Å². The van der Waals surface area contributed by atoms with Crippen LogP contribution in [0.1, 0.15) is 38.7 Å². The van der Waals surface area contributed by atoms with E-state index in [1.165, 1.54) is 6.92 Å². The number of aliphatic hydroxyl groups is 1. The fraction of sp³-hybridized carbons (Fsp3) is 0.625. The third-order valence-electron chi connectivity index (χ3n) is 4.10. The molecule has 6 nitrogen and oxygen atoms in total. The molecule has 122 valence electrons. The van der Waals surface area contributed by atoms with Gasteiger partial charge in [0.05, 0.1) is 6.61 Å². The molecule has 0 bridgehead atoms. The lowest BCUT2D eigenvalue weighted by molar-refractivity contribution is -0.531. The summed E-state index contributed by atoms with van der Waals surface area (Å²) >= 11 is 0. The van der Waals surface area contributed by atoms with Crippen LogP contribution in [0.2, 0.25) is 0 Å². The molecule has 1 aliphatic heterocycles. The molecule has 1 aromatic carbocycles. The molecule has 1 saturated heterocycles. The average molecular weight is 309 g/mol. The number of nitro groups is 1. The topological polar surface area (TPSA) is 81.8 Å². The van der Waals surface area contributed by atoms with Gasteiger partial charge in [-0.1, -0.05) is 43.7 Å². The van der Waals surface area contributed by atoms with E-state index < -0.39 is 29.0 Å². The van der Waals surface area contributed by atoms with Crippen molar-refractivity contribution >= 4 is 0 Å². The zero-order chi connectivity index (χ0) is 16.2. The Morgan fingerprint density at radius 3 is 2.59 bits per heavy atom. The van der Waals surface area contributed by atoms with Crippen molar-refractivity contribution in [3.05, 3.63) is 46.0 Å². The van der Waals surface area contributed by atoms with Gasteiger partial charge in [0.15, 0.2) is 11.9 Å². The molecule has 1 aromatic rings. The van der Waals surface area contributed by atoms with Crippen LogP contribution in [0.5, 0.6) is 0 Å². The maximum absolute atomic E-state index is 11.1. The average Bonchev–Trinajstić information content (AvgIpc) is 2.93. The van der Waals surface area contributed by atoms with Gasteiger partial charge >= 0.3 is 0 Å². The fourth-order valence-electron chi connectivity index (χ4n) is 2.81. The van der Waals surface area contributed by atoms with Crippen LogP contribution in [-0.2, 0) is 15.3 Å². The third kappa shape index (κ3) is 3.29. The first kappa shape index (κ1) is 16.9. The number of benzene rings is 1. The zero-order valence-electron chi connectivity index (χ0n) is 13.0. The molecule has 22 heavy (non-hydrogen) atoms. The quantitative estimate of drug-likeness (QED) is 0.618. The molecule has 0 saturated carbocycles. The number of aliphatic hydroxyl groups excluding tert-OH is 1. The fourth-order valence-corrected chi connectivity index (χ4v) is 2.81. The van der Waals surface area contributed by atoms with E-state index in [4.69, 9.17) is 9.47 Å². The van der Waals surface area contributed by atoms with Crippen LogP contribution in [0.25, 0.3) is 0 Å². The molecule has 0 aromatic heterocycles. The van der Waals surface area contributed by atoms with Crippen molar-refractivity contribution in [3.8, 4) is 0 Å². The first-order valence-corrected chi connectivity index (χ1v) is 7.69. The Kier molecular flexibility index (Phi) is 5.50. The van der Waals surface area contributed by atoms with Gasteiger partial charge in [0.2, 0.25) is 6.04 Å². The van der Waals surface area contributed by atoms with Crippen molar-refractivity contribution in [1.82, 2.24) is 0 Å². The standard InChI is InChI=1S/C16H23NO5/c1-3-4-10-16(13-8-6-5-7-9-13)21-14(11-18)15(22-16)12(2)17(19)20/h5-9,12,14-15,18H,3-4,10-11H2,1-2H3. The van der Waals surface area contributed by atoms with Gasteiger partial charge in [-0.2, -0.15) is 0 Å². The lowest BCUT2D eigenvalue weighted by Gasteiger charge is -2.29. The number of unbranched alkanes of at least 4 members (excludes halogenated alkanes) is 1. The van der Waals surface area contributed by atoms with Crippen LogP contribution in [0.3, 0.4) is 0 Å². The maximum atomic E-state index is 11.1. The molecule has 0 aliphatic carbocycles. The summed E-state index contributed by atoms with van der Waals surface area (Å²) in [5, 5.41) is 20.6. The van der Waals surface area contributed by atoms with E-state index in [1.54, 1.807) is 0 Å². The summed E-state index contributed by atoms with van der Waals surface area (Å²) < 4.78 is 12.0. The molecule has 0 spiro atoms. The predicted molar refractivity (Wildman–Crippen MR) is 80.9 cm³/mol. The summed E-state index contributed by atoms with van der Waals surface area (Å²) in [4.78, 5) is 10.7. The highest BCUT2D eigenvalue weighted by atomic mass is 16.8. The zero-order valence-corrected chi connectivity index (χ0v) is 13.0. The highest BCUT2D eigenvalue weighted by Gasteiger charge is 2.52. The van der Waals surface area contributed by atoms with Crippen LogP contribution >= 0.6 is 0 Å². The van der Waals surface area contributed by atoms with Crippen LogP contribution in [0, 0.1) is 10.1 Å². The van der Waals surface area contributed by atoms with Crippen molar-refractivity contribution < 1.29 is 19.5 Å². The molecule has 4 atom stereocenters. The molecule has 1 fully saturated rings. The Labute approximate surface area is 130 Å². The van der Waals surface area contributed by atoms with Crippen LogP contribution in [0.15, 0.2) is 30.3 Å². The van der Waals surface area contributed by atoms with Gasteiger partial charge in [-0.25, -0.2) is 0 Å². The summed E-state index contributed by atoms with van der Waals surface area (Å²) in [6, 6.07) is 8.51. The second-order valence-electron chi connectivity index (χ2n) is 5.67. The van der Waals surface area contributed by atoms with Gasteiger partial charge < -0.3 is 14.6 Å². The van der Waals surface area contributed by atoms with Gasteiger partial charge in [-0.3, -0.25) is 10.1 Å². The van der Waals surface area contributed by atoms with Crippen LogP contribution in [0.4, 0.5) is 0 Å². The smallest absolute Gasteiger partial charge is 0.238 e. The molecule has 4 unspecified atom stereocenters. The molecule has 1 aliphatic rings. The van der Waals surface area contributed by atoms with E-state index in [-0.39, 0.29) is 6.61 Å². The highest BCUT2D eigenvalue weighted by Crippen LogP contribution is 2.42. The van der Waals surface area contributed by atoms with Gasteiger partial charge in [-0.05, 0) is 6.42 Å². The molecular weight excluding hydrogens is 286 g/mol. The lowest BCUT2D eigenvalue weighted by Crippen LogP contribution is -2.40. The summed E-state index contributed by atoms with van der Waals surface area (Å²) in [7, 11) is 0. The molecule has 1 heterocycles. The Bertz CT molecular complexity index is 495. The minimum Gasteiger partial charge on any atom is -0.394 e. The highest BCUT2D eigenvalue weighted by molar-refractivity contribution is 5.21. The summed E-state index contributed by atoms with van der Waals surface area (Å²) in [6.07, 6.45) is 0.965. The van der Waals surface area contributed by atoms with Crippen LogP contribution < -0.4 is 0 Å². The van der Waals surface area contributed by atoms with E-state index in [0.717, 1.165) is 18.4 Å². The van der Waals surface area contributed by atoms with E-state index >= 15 is 0 Å². The molecule has 6 heteroatoms. The molecule has 0 radical (unpaired) electrons. The monoisotopic (exact) mass is 309 g/mol. The Hall–Kier alpha value is -1.50. The number of rotatable bonds is 7. The third-order valence-corrected chi connectivity index (χ3v) is 4.10. The normalized spacial score (nSPS) is 29.4. The first-order chi connectivity index (χ1) is 10.5. The van der Waals surface area contributed by atoms with Gasteiger partial charge in [0.25, 0.3) is 0 Å². The second kappa shape index (κ2) is 7.17. The number of hydrogen-bond acceptors (Lipinski definition) is 5. The van der Waals surface area contributed by atoms with Crippen molar-refractivity contribution in [2.75, 3.05) is 6.61 Å². The summed E-state index contributed by atoms with van der Waals surface area (Å²) in [6.45, 7) is 3.25. The number of ether oxygens (including phenoxy) is 2. The Morgan fingerprint density at radius 1 is 1.36 bits per heavy atom. The molecule has 2 rings (SSSR count). The van der Waals surface area contributed by atoms with Crippen molar-refractivity contribution in [3.63, 3.8) is 0 Å². The van der Waals surface area contributed by atoms with E-state index in [2.05, 4.69) is 6.92 Å². The van der Waals surface area contributed by atoms with Crippen LogP contribution in [-0.4, -0.2) is 34.9 Å². The Balaban J connectivity index is 2.33. The summed E-state index contributed by atoms with van der Waals surface area (Å²) in [5.74, 6) is -1.01. The minimum absolute atomic E-state index is 0.302. The number of hydrogen-bond donors (Lipinski definition) is 1. The van der Waals surface area contributed by atoms with Gasteiger partial charge in [0.1, 0.15) is 6.10 Å². The maximum Gasteiger partial charge on any atom is 0.238 e. The first-order valence-electron chi connectivity index (χ1n) is 7.69. The van der Waals surface area contributed by atoms with Crippen molar-refractivity contribution in [1.29, 1.82) is 0 Å². The number of nitrogens with zero attached hydrogens (tertiary/aromatic N) is 1. The second-order valence-corrected chi connectivity index (χ2v) is 5.67. The van der Waals surface area contributed by atoms with Gasteiger partial charge in [-0.15, -0.1) is 0 Å². The predicted octanol–water partition coefficient (Wildman–Crippen LogP) is 2.47. The van der Waals surface area contributed by atoms with Gasteiger partial charge in [0, 0.05) is 23.8 Å². The van der Waals surface area contributed by atoms with E-state index in [9.17, 15) is 15.2 Å². The largest absolute Gasteiger partial charge is 0.394 e. The molecular formula is C16H23NO5. The molecule has 0 amide bonds. The lowest BCUT2D eigenvalue weighted by atomic mass is 10.00. The van der Waals surface area contributed by atoms with Crippen molar-refractivity contribution in [2.24, 2.45) is 0 Å². The SMILES string of the molecule is CCCCC1(c2ccccc2)OC(CO)C(C(C)[N+](=O)[O-])O1. The van der Waals surface area contributed by atoms with E-state index in [1.807, 2.05) is 30.3 Å². The van der Waals surface area contributed by atoms with Crippen molar-refractivity contribution in [2.45, 2.75) is 57.1 Å². The Morgan fingerprint density at radius 2 is 2.05 bits per heavy atom. The molecule has 1 N–H and O–H groups in total. The summed E-state index contributed by atoms with van der Waals surface area (Å²) in [5.41, 5.74) is 0.833.